The monoisotopic (exact) mass is 380 g/mol. The molecule has 0 bridgehead atoms. The molecular formula is C21H24N4O3. The minimum absolute atomic E-state index is 0.0649. The van der Waals surface area contributed by atoms with Gasteiger partial charge in [0, 0.05) is 24.6 Å². The lowest BCUT2D eigenvalue weighted by atomic mass is 10.2. The second-order valence-electron chi connectivity index (χ2n) is 7.31. The van der Waals surface area contributed by atoms with Crippen molar-refractivity contribution < 1.29 is 14.3 Å². The van der Waals surface area contributed by atoms with Crippen LogP contribution in [0.4, 0.5) is 0 Å². The Morgan fingerprint density at radius 2 is 2.07 bits per heavy atom. The molecule has 0 radical (unpaired) electrons. The predicted octanol–water partition coefficient (Wildman–Crippen LogP) is 3.11. The summed E-state index contributed by atoms with van der Waals surface area (Å²) >= 11 is 0. The van der Waals surface area contributed by atoms with E-state index in [9.17, 15) is 4.79 Å². The highest BCUT2D eigenvalue weighted by Crippen LogP contribution is 2.30. The summed E-state index contributed by atoms with van der Waals surface area (Å²) in [6, 6.07) is 9.60. The minimum atomic E-state index is -0.0728. The number of aromatic nitrogens is 3. The lowest BCUT2D eigenvalue weighted by molar-refractivity contribution is -0.119. The molecule has 7 nitrogen and oxygen atoms in total. The fourth-order valence-electron chi connectivity index (χ4n) is 2.90. The van der Waals surface area contributed by atoms with Crippen LogP contribution in [0.2, 0.25) is 0 Å². The molecule has 1 fully saturated rings. The van der Waals surface area contributed by atoms with Crippen LogP contribution in [0.5, 0.6) is 11.5 Å². The molecule has 1 aliphatic carbocycles. The van der Waals surface area contributed by atoms with E-state index in [1.54, 1.807) is 10.9 Å². The van der Waals surface area contributed by atoms with Gasteiger partial charge in [-0.25, -0.2) is 9.67 Å². The molecule has 1 atom stereocenters. The van der Waals surface area contributed by atoms with Crippen LogP contribution in [0, 0.1) is 5.92 Å². The number of ether oxygens (including phenoxy) is 2. The van der Waals surface area contributed by atoms with Gasteiger partial charge in [-0.05, 0) is 49.9 Å². The second kappa shape index (κ2) is 7.88. The van der Waals surface area contributed by atoms with Crippen molar-refractivity contribution in [1.82, 2.24) is 20.1 Å². The van der Waals surface area contributed by atoms with Gasteiger partial charge in [0.2, 0.25) is 5.91 Å². The molecule has 0 spiro atoms. The largest absolute Gasteiger partial charge is 0.493 e. The average molecular weight is 380 g/mol. The van der Waals surface area contributed by atoms with Crippen LogP contribution in [0.25, 0.3) is 16.7 Å². The third kappa shape index (κ3) is 4.60. The molecule has 1 N–H and O–H groups in total. The Morgan fingerprint density at radius 1 is 1.25 bits per heavy atom. The third-order valence-electron chi connectivity index (χ3n) is 4.57. The summed E-state index contributed by atoms with van der Waals surface area (Å²) < 4.78 is 13.2. The van der Waals surface area contributed by atoms with Crippen molar-refractivity contribution >= 4 is 16.8 Å². The lowest BCUT2D eigenvalue weighted by Gasteiger charge is -2.13. The third-order valence-corrected chi connectivity index (χ3v) is 4.57. The van der Waals surface area contributed by atoms with Crippen LogP contribution in [0.1, 0.15) is 26.7 Å². The molecule has 2 heterocycles. The Balaban J connectivity index is 1.41. The first-order valence-electron chi connectivity index (χ1n) is 9.55. The first-order valence-corrected chi connectivity index (χ1v) is 9.55. The summed E-state index contributed by atoms with van der Waals surface area (Å²) in [5.41, 5.74) is 0.875. The van der Waals surface area contributed by atoms with Crippen molar-refractivity contribution in [3.8, 4) is 17.3 Å². The Labute approximate surface area is 163 Å². The van der Waals surface area contributed by atoms with Gasteiger partial charge in [0.1, 0.15) is 18.1 Å². The molecule has 1 amide bonds. The Kier molecular flexibility index (Phi) is 5.14. The van der Waals surface area contributed by atoms with E-state index in [-0.39, 0.29) is 11.9 Å². The summed E-state index contributed by atoms with van der Waals surface area (Å²) in [6.45, 7) is 4.55. The van der Waals surface area contributed by atoms with E-state index < -0.39 is 0 Å². The fourth-order valence-corrected chi connectivity index (χ4v) is 2.90. The molecular weight excluding hydrogens is 356 g/mol. The number of nitrogens with one attached hydrogen (secondary N) is 1. The van der Waals surface area contributed by atoms with Crippen molar-refractivity contribution in [2.45, 2.75) is 32.7 Å². The van der Waals surface area contributed by atoms with Gasteiger partial charge in [0.25, 0.3) is 0 Å². The van der Waals surface area contributed by atoms with E-state index in [1.807, 2.05) is 43.5 Å². The van der Waals surface area contributed by atoms with E-state index in [0.717, 1.165) is 29.2 Å². The van der Waals surface area contributed by atoms with E-state index in [2.05, 4.69) is 15.4 Å². The number of carbonyl (C=O) groups excluding carboxylic acids is 1. The number of amides is 1. The zero-order valence-corrected chi connectivity index (χ0v) is 16.1. The highest BCUT2D eigenvalue weighted by molar-refractivity contribution is 5.80. The number of hydrogen-bond acceptors (Lipinski definition) is 5. The molecule has 1 aliphatic rings. The van der Waals surface area contributed by atoms with E-state index in [4.69, 9.17) is 9.47 Å². The number of rotatable bonds is 8. The van der Waals surface area contributed by atoms with Crippen molar-refractivity contribution in [3.63, 3.8) is 0 Å². The predicted molar refractivity (Wildman–Crippen MR) is 106 cm³/mol. The molecule has 7 heteroatoms. The molecule has 0 saturated heterocycles. The SMILES string of the molecule is CC(=O)NC(C)COc1ccc(-n2cc3ccc(OCC4CC4)cc3n2)nc1. The maximum Gasteiger partial charge on any atom is 0.217 e. The van der Waals surface area contributed by atoms with Gasteiger partial charge in [0.05, 0.1) is 24.4 Å². The van der Waals surface area contributed by atoms with E-state index in [0.29, 0.717) is 18.2 Å². The summed E-state index contributed by atoms with van der Waals surface area (Å²) in [5, 5.41) is 8.42. The quantitative estimate of drug-likeness (QED) is 0.650. The maximum absolute atomic E-state index is 11.0. The molecule has 4 rings (SSSR count). The van der Waals surface area contributed by atoms with Crippen LogP contribution in [-0.2, 0) is 4.79 Å². The molecule has 2 aromatic heterocycles. The summed E-state index contributed by atoms with van der Waals surface area (Å²) in [5.74, 6) is 2.86. The number of benzene rings is 1. The molecule has 3 aromatic rings. The molecule has 1 unspecified atom stereocenters. The zero-order chi connectivity index (χ0) is 19.5. The molecule has 1 saturated carbocycles. The Hall–Kier alpha value is -3.09. The molecule has 1 aromatic carbocycles. The van der Waals surface area contributed by atoms with E-state index in [1.165, 1.54) is 19.8 Å². The van der Waals surface area contributed by atoms with Crippen LogP contribution >= 0.6 is 0 Å². The highest BCUT2D eigenvalue weighted by Gasteiger charge is 2.22. The van der Waals surface area contributed by atoms with Gasteiger partial charge in [-0.2, -0.15) is 5.10 Å². The zero-order valence-electron chi connectivity index (χ0n) is 16.1. The van der Waals surface area contributed by atoms with Crippen molar-refractivity contribution in [1.29, 1.82) is 0 Å². The van der Waals surface area contributed by atoms with Crippen LogP contribution < -0.4 is 14.8 Å². The van der Waals surface area contributed by atoms with Crippen LogP contribution in [0.15, 0.2) is 42.7 Å². The highest BCUT2D eigenvalue weighted by atomic mass is 16.5. The van der Waals surface area contributed by atoms with Crippen molar-refractivity contribution in [2.75, 3.05) is 13.2 Å². The molecule has 146 valence electrons. The smallest absolute Gasteiger partial charge is 0.217 e. The first kappa shape index (κ1) is 18.3. The number of hydrogen-bond donors (Lipinski definition) is 1. The van der Waals surface area contributed by atoms with Gasteiger partial charge >= 0.3 is 0 Å². The maximum atomic E-state index is 11.0. The Bertz CT molecular complexity index is 963. The standard InChI is InChI=1S/C21H24N4O3/c1-14(23-15(2)26)12-27-19-7-8-21(22-10-19)25-11-17-5-6-18(9-20(17)24-25)28-13-16-3-4-16/h5-11,14,16H,3-4,12-13H2,1-2H3,(H,23,26). The van der Waals surface area contributed by atoms with Gasteiger partial charge in [-0.1, -0.05) is 0 Å². The van der Waals surface area contributed by atoms with Crippen LogP contribution in [0.3, 0.4) is 0 Å². The normalized spacial score (nSPS) is 14.6. The number of carbonyl (C=O) groups is 1. The summed E-state index contributed by atoms with van der Waals surface area (Å²) in [4.78, 5) is 15.5. The van der Waals surface area contributed by atoms with Crippen LogP contribution in [-0.4, -0.2) is 39.9 Å². The fraction of sp³-hybridized carbons (Fsp3) is 0.381. The number of pyridine rings is 1. The minimum Gasteiger partial charge on any atom is -0.493 e. The Morgan fingerprint density at radius 3 is 2.79 bits per heavy atom. The van der Waals surface area contributed by atoms with Gasteiger partial charge in [0.15, 0.2) is 5.82 Å². The average Bonchev–Trinajstić information content (AvgIpc) is 3.41. The number of fused-ring (bicyclic) bond motifs is 1. The summed E-state index contributed by atoms with van der Waals surface area (Å²) in [7, 11) is 0. The van der Waals surface area contributed by atoms with Gasteiger partial charge < -0.3 is 14.8 Å². The topological polar surface area (TPSA) is 78.3 Å². The van der Waals surface area contributed by atoms with Gasteiger partial charge in [-0.15, -0.1) is 0 Å². The number of nitrogens with zero attached hydrogens (tertiary/aromatic N) is 3. The second-order valence-corrected chi connectivity index (χ2v) is 7.31. The first-order chi connectivity index (χ1) is 13.6. The lowest BCUT2D eigenvalue weighted by Crippen LogP contribution is -2.35. The summed E-state index contributed by atoms with van der Waals surface area (Å²) in [6.07, 6.45) is 6.15. The van der Waals surface area contributed by atoms with Gasteiger partial charge in [-0.3, -0.25) is 4.79 Å². The van der Waals surface area contributed by atoms with Crippen molar-refractivity contribution in [2.24, 2.45) is 5.92 Å². The van der Waals surface area contributed by atoms with Crippen molar-refractivity contribution in [3.05, 3.63) is 42.7 Å². The molecule has 0 aliphatic heterocycles. The molecule has 28 heavy (non-hydrogen) atoms. The van der Waals surface area contributed by atoms with E-state index >= 15 is 0 Å².